The van der Waals surface area contributed by atoms with Gasteiger partial charge in [-0.05, 0) is 25.1 Å². The third-order valence-electron chi connectivity index (χ3n) is 4.27. The van der Waals surface area contributed by atoms with Gasteiger partial charge in [-0.25, -0.2) is 0 Å². The Morgan fingerprint density at radius 2 is 1.56 bits per heavy atom. The van der Waals surface area contributed by atoms with E-state index >= 15 is 0 Å². The lowest BCUT2D eigenvalue weighted by atomic mass is 9.75. The third-order valence-corrected chi connectivity index (χ3v) is 4.27. The molecule has 0 bridgehead atoms. The SMILES string of the molecule is C=NC1(c2ccccc2)CCC2(CC1)OCCO2. The summed E-state index contributed by atoms with van der Waals surface area (Å²) in [7, 11) is 0. The molecule has 96 valence electrons. The van der Waals surface area contributed by atoms with Gasteiger partial charge in [0.25, 0.3) is 0 Å². The molecule has 0 atom stereocenters. The van der Waals surface area contributed by atoms with Crippen LogP contribution in [0, 0.1) is 0 Å². The molecule has 1 saturated carbocycles. The first-order valence-corrected chi connectivity index (χ1v) is 6.60. The molecule has 0 aromatic heterocycles. The first kappa shape index (κ1) is 11.9. The van der Waals surface area contributed by atoms with Gasteiger partial charge in [0.1, 0.15) is 0 Å². The topological polar surface area (TPSA) is 30.8 Å². The van der Waals surface area contributed by atoms with Gasteiger partial charge in [0, 0.05) is 12.8 Å². The quantitative estimate of drug-likeness (QED) is 0.750. The largest absolute Gasteiger partial charge is 0.348 e. The Kier molecular flexibility index (Phi) is 2.96. The highest BCUT2D eigenvalue weighted by Gasteiger charge is 2.46. The summed E-state index contributed by atoms with van der Waals surface area (Å²) in [5.74, 6) is -0.330. The summed E-state index contributed by atoms with van der Waals surface area (Å²) in [5, 5.41) is 0. The zero-order valence-electron chi connectivity index (χ0n) is 10.6. The fourth-order valence-electron chi connectivity index (χ4n) is 3.12. The molecule has 3 nitrogen and oxygen atoms in total. The average molecular weight is 245 g/mol. The molecular formula is C15H19NO2. The summed E-state index contributed by atoms with van der Waals surface area (Å²) in [6.07, 6.45) is 3.70. The molecule has 0 radical (unpaired) electrons. The number of aliphatic imine (C=N–C) groups is 1. The van der Waals surface area contributed by atoms with Crippen LogP contribution in [0.3, 0.4) is 0 Å². The molecule has 0 unspecified atom stereocenters. The Balaban J connectivity index is 1.82. The summed E-state index contributed by atoms with van der Waals surface area (Å²) in [6, 6.07) is 10.4. The molecule has 2 fully saturated rings. The van der Waals surface area contributed by atoms with Crippen LogP contribution in [-0.4, -0.2) is 25.7 Å². The average Bonchev–Trinajstić information content (AvgIpc) is 2.90. The smallest absolute Gasteiger partial charge is 0.168 e. The van der Waals surface area contributed by atoms with Crippen molar-refractivity contribution in [2.75, 3.05) is 13.2 Å². The minimum atomic E-state index is -0.330. The molecule has 3 rings (SSSR count). The first-order valence-electron chi connectivity index (χ1n) is 6.60. The van der Waals surface area contributed by atoms with E-state index < -0.39 is 0 Å². The maximum absolute atomic E-state index is 5.77. The van der Waals surface area contributed by atoms with E-state index in [0.717, 1.165) is 38.9 Å². The van der Waals surface area contributed by atoms with Crippen LogP contribution in [0.1, 0.15) is 31.2 Å². The van der Waals surface area contributed by atoms with Gasteiger partial charge in [0.15, 0.2) is 5.79 Å². The van der Waals surface area contributed by atoms with E-state index in [2.05, 4.69) is 36.0 Å². The van der Waals surface area contributed by atoms with E-state index in [1.165, 1.54) is 5.56 Å². The van der Waals surface area contributed by atoms with Crippen molar-refractivity contribution in [1.82, 2.24) is 0 Å². The maximum atomic E-state index is 5.77. The second kappa shape index (κ2) is 4.48. The van der Waals surface area contributed by atoms with Gasteiger partial charge in [-0.1, -0.05) is 30.3 Å². The van der Waals surface area contributed by atoms with E-state index in [0.29, 0.717) is 0 Å². The van der Waals surface area contributed by atoms with Crippen LogP contribution in [-0.2, 0) is 15.0 Å². The molecule has 1 aliphatic heterocycles. The maximum Gasteiger partial charge on any atom is 0.168 e. The molecule has 1 heterocycles. The van der Waals surface area contributed by atoms with Crippen molar-refractivity contribution in [3.8, 4) is 0 Å². The number of benzene rings is 1. The van der Waals surface area contributed by atoms with Gasteiger partial charge >= 0.3 is 0 Å². The lowest BCUT2D eigenvalue weighted by Gasteiger charge is -2.41. The highest BCUT2D eigenvalue weighted by Crippen LogP contribution is 2.46. The Bertz CT molecular complexity index is 413. The van der Waals surface area contributed by atoms with E-state index in [1.807, 2.05) is 6.07 Å². The minimum Gasteiger partial charge on any atom is -0.348 e. The molecular weight excluding hydrogens is 226 g/mol. The van der Waals surface area contributed by atoms with Crippen molar-refractivity contribution >= 4 is 6.72 Å². The summed E-state index contributed by atoms with van der Waals surface area (Å²) >= 11 is 0. The van der Waals surface area contributed by atoms with Crippen LogP contribution < -0.4 is 0 Å². The number of hydrogen-bond donors (Lipinski definition) is 0. The van der Waals surface area contributed by atoms with Gasteiger partial charge in [0.2, 0.25) is 0 Å². The summed E-state index contributed by atoms with van der Waals surface area (Å²) < 4.78 is 11.5. The zero-order chi connectivity index (χ0) is 12.5. The summed E-state index contributed by atoms with van der Waals surface area (Å²) in [6.45, 7) is 5.26. The van der Waals surface area contributed by atoms with Gasteiger partial charge in [0.05, 0.1) is 18.8 Å². The Morgan fingerprint density at radius 3 is 2.11 bits per heavy atom. The van der Waals surface area contributed by atoms with Gasteiger partial charge in [-0.3, -0.25) is 4.99 Å². The predicted octanol–water partition coefficient (Wildman–Crippen LogP) is 2.90. The second-order valence-corrected chi connectivity index (χ2v) is 5.16. The monoisotopic (exact) mass is 245 g/mol. The highest BCUT2D eigenvalue weighted by atomic mass is 16.7. The van der Waals surface area contributed by atoms with Gasteiger partial charge in [-0.2, -0.15) is 0 Å². The van der Waals surface area contributed by atoms with E-state index in [4.69, 9.17) is 9.47 Å². The van der Waals surface area contributed by atoms with Crippen molar-refractivity contribution in [2.24, 2.45) is 4.99 Å². The zero-order valence-corrected chi connectivity index (χ0v) is 10.6. The molecule has 1 spiro atoms. The van der Waals surface area contributed by atoms with Crippen molar-refractivity contribution in [3.05, 3.63) is 35.9 Å². The van der Waals surface area contributed by atoms with Crippen molar-refractivity contribution in [2.45, 2.75) is 37.0 Å². The highest BCUT2D eigenvalue weighted by molar-refractivity contribution is 5.33. The molecule has 1 aromatic rings. The normalized spacial score (nSPS) is 25.1. The molecule has 3 heteroatoms. The first-order chi connectivity index (χ1) is 8.79. The number of nitrogens with zero attached hydrogens (tertiary/aromatic N) is 1. The summed E-state index contributed by atoms with van der Waals surface area (Å²) in [4.78, 5) is 4.44. The molecule has 18 heavy (non-hydrogen) atoms. The van der Waals surface area contributed by atoms with Crippen LogP contribution in [0.5, 0.6) is 0 Å². The second-order valence-electron chi connectivity index (χ2n) is 5.16. The number of ether oxygens (including phenoxy) is 2. The van der Waals surface area contributed by atoms with Crippen LogP contribution in [0.15, 0.2) is 35.3 Å². The molecule has 0 N–H and O–H groups in total. The van der Waals surface area contributed by atoms with Crippen molar-refractivity contribution < 1.29 is 9.47 Å². The lowest BCUT2D eigenvalue weighted by Crippen LogP contribution is -2.41. The van der Waals surface area contributed by atoms with Crippen molar-refractivity contribution in [1.29, 1.82) is 0 Å². The molecule has 0 amide bonds. The van der Waals surface area contributed by atoms with Crippen LogP contribution >= 0.6 is 0 Å². The van der Waals surface area contributed by atoms with E-state index in [9.17, 15) is 0 Å². The third kappa shape index (κ3) is 1.88. The Hall–Kier alpha value is -1.19. The molecule has 2 aliphatic rings. The fourth-order valence-corrected chi connectivity index (χ4v) is 3.12. The summed E-state index contributed by atoms with van der Waals surface area (Å²) in [5.41, 5.74) is 1.11. The molecule has 1 aromatic carbocycles. The fraction of sp³-hybridized carbons (Fsp3) is 0.533. The number of rotatable bonds is 2. The van der Waals surface area contributed by atoms with Crippen molar-refractivity contribution in [3.63, 3.8) is 0 Å². The minimum absolute atomic E-state index is 0.151. The number of hydrogen-bond acceptors (Lipinski definition) is 3. The van der Waals surface area contributed by atoms with Gasteiger partial charge < -0.3 is 9.47 Å². The van der Waals surface area contributed by atoms with E-state index in [1.54, 1.807) is 0 Å². The Morgan fingerprint density at radius 1 is 0.944 bits per heavy atom. The van der Waals surface area contributed by atoms with Gasteiger partial charge in [-0.15, -0.1) is 0 Å². The van der Waals surface area contributed by atoms with E-state index in [-0.39, 0.29) is 11.3 Å². The predicted molar refractivity (Wildman–Crippen MR) is 70.8 cm³/mol. The molecule has 1 saturated heterocycles. The lowest BCUT2D eigenvalue weighted by molar-refractivity contribution is -0.184. The molecule has 1 aliphatic carbocycles. The van der Waals surface area contributed by atoms with Crippen LogP contribution in [0.4, 0.5) is 0 Å². The van der Waals surface area contributed by atoms with Crippen LogP contribution in [0.2, 0.25) is 0 Å². The van der Waals surface area contributed by atoms with Crippen LogP contribution in [0.25, 0.3) is 0 Å². The standard InChI is InChI=1S/C15H19NO2/c1-16-14(13-5-3-2-4-6-13)7-9-15(10-8-14)17-11-12-18-15/h2-6H,1,7-12H2. The Labute approximate surface area is 108 Å².